The number of benzene rings is 3. The highest BCUT2D eigenvalue weighted by molar-refractivity contribution is 9.10. The van der Waals surface area contributed by atoms with Crippen molar-refractivity contribution in [3.63, 3.8) is 0 Å². The van der Waals surface area contributed by atoms with Crippen molar-refractivity contribution in [1.82, 2.24) is 4.31 Å². The standard InChI is InChI=1S/C25H22BrNO6S/c26-22-11-10-21(16-24(22)34(30,31)27-12-14-32-15-13-27)25(29)33-17-23(28)20-8-6-19(7-9-20)18-4-2-1-3-5-18/h1-11,16H,12-15,17H2. The molecule has 0 bridgehead atoms. The molecule has 0 N–H and O–H groups in total. The van der Waals surface area contributed by atoms with E-state index < -0.39 is 22.6 Å². The Morgan fingerprint density at radius 2 is 1.50 bits per heavy atom. The topological polar surface area (TPSA) is 90.0 Å². The van der Waals surface area contributed by atoms with Gasteiger partial charge in [0.05, 0.1) is 23.7 Å². The first kappa shape index (κ1) is 24.3. The fourth-order valence-electron chi connectivity index (χ4n) is 3.53. The fourth-order valence-corrected chi connectivity index (χ4v) is 5.89. The van der Waals surface area contributed by atoms with Gasteiger partial charge in [-0.3, -0.25) is 4.79 Å². The molecule has 0 saturated carbocycles. The molecular formula is C25H22BrNO6S. The van der Waals surface area contributed by atoms with Crippen LogP contribution in [0.3, 0.4) is 0 Å². The summed E-state index contributed by atoms with van der Waals surface area (Å²) >= 11 is 3.25. The Morgan fingerprint density at radius 1 is 0.882 bits per heavy atom. The largest absolute Gasteiger partial charge is 0.454 e. The first-order valence-electron chi connectivity index (χ1n) is 10.6. The molecule has 9 heteroatoms. The van der Waals surface area contributed by atoms with E-state index in [1.165, 1.54) is 22.5 Å². The molecule has 0 spiro atoms. The van der Waals surface area contributed by atoms with Crippen molar-refractivity contribution >= 4 is 37.7 Å². The minimum atomic E-state index is -3.82. The van der Waals surface area contributed by atoms with Gasteiger partial charge in [0.2, 0.25) is 10.0 Å². The smallest absolute Gasteiger partial charge is 0.338 e. The molecule has 1 aliphatic rings. The molecule has 1 aliphatic heterocycles. The van der Waals surface area contributed by atoms with E-state index in [0.29, 0.717) is 23.2 Å². The number of nitrogens with zero attached hydrogens (tertiary/aromatic N) is 1. The number of carbonyl (C=O) groups excluding carboxylic acids is 2. The second-order valence-electron chi connectivity index (χ2n) is 7.60. The van der Waals surface area contributed by atoms with Crippen molar-refractivity contribution in [2.45, 2.75) is 4.90 Å². The lowest BCUT2D eigenvalue weighted by Gasteiger charge is -2.26. The first-order chi connectivity index (χ1) is 16.4. The highest BCUT2D eigenvalue weighted by Crippen LogP contribution is 2.27. The van der Waals surface area contributed by atoms with Crippen LogP contribution in [0.2, 0.25) is 0 Å². The number of sulfonamides is 1. The third kappa shape index (κ3) is 5.44. The minimum absolute atomic E-state index is 0.0355. The molecule has 0 atom stereocenters. The number of ketones is 1. The second kappa shape index (κ2) is 10.6. The number of halogens is 1. The first-order valence-corrected chi connectivity index (χ1v) is 12.8. The number of esters is 1. The van der Waals surface area contributed by atoms with Gasteiger partial charge in [0.1, 0.15) is 0 Å². The predicted octanol–water partition coefficient (Wildman–Crippen LogP) is 4.18. The van der Waals surface area contributed by atoms with Crippen molar-refractivity contribution in [2.24, 2.45) is 0 Å². The maximum atomic E-state index is 13.0. The lowest BCUT2D eigenvalue weighted by Crippen LogP contribution is -2.40. The van der Waals surface area contributed by atoms with E-state index in [9.17, 15) is 18.0 Å². The zero-order chi connectivity index (χ0) is 24.1. The highest BCUT2D eigenvalue weighted by Gasteiger charge is 2.29. The number of hydrogen-bond acceptors (Lipinski definition) is 6. The average molecular weight is 544 g/mol. The summed E-state index contributed by atoms with van der Waals surface area (Å²) in [6.07, 6.45) is 0. The number of Topliss-reactive ketones (excluding diaryl/α,β-unsaturated/α-hetero) is 1. The molecule has 4 rings (SSSR count). The monoisotopic (exact) mass is 543 g/mol. The van der Waals surface area contributed by atoms with E-state index in [4.69, 9.17) is 9.47 Å². The van der Waals surface area contributed by atoms with Crippen LogP contribution in [0.1, 0.15) is 20.7 Å². The van der Waals surface area contributed by atoms with Crippen LogP contribution in [0.25, 0.3) is 11.1 Å². The average Bonchev–Trinajstić information content (AvgIpc) is 2.88. The van der Waals surface area contributed by atoms with Gasteiger partial charge in [0.25, 0.3) is 0 Å². The molecular weight excluding hydrogens is 522 g/mol. The minimum Gasteiger partial charge on any atom is -0.454 e. The summed E-state index contributed by atoms with van der Waals surface area (Å²) in [6.45, 7) is 0.646. The van der Waals surface area contributed by atoms with E-state index in [1.807, 2.05) is 42.5 Å². The number of ether oxygens (including phenoxy) is 2. The van der Waals surface area contributed by atoms with Crippen LogP contribution in [-0.4, -0.2) is 57.4 Å². The zero-order valence-electron chi connectivity index (χ0n) is 18.1. The van der Waals surface area contributed by atoms with Gasteiger partial charge in [-0.2, -0.15) is 4.31 Å². The van der Waals surface area contributed by atoms with Crippen LogP contribution in [0, 0.1) is 0 Å². The van der Waals surface area contributed by atoms with Crippen molar-refractivity contribution < 1.29 is 27.5 Å². The molecule has 0 aromatic heterocycles. The SMILES string of the molecule is O=C(COC(=O)c1ccc(Br)c(S(=O)(=O)N2CCOCC2)c1)c1ccc(-c2ccccc2)cc1. The molecule has 34 heavy (non-hydrogen) atoms. The van der Waals surface area contributed by atoms with Crippen molar-refractivity contribution in [2.75, 3.05) is 32.9 Å². The summed E-state index contributed by atoms with van der Waals surface area (Å²) in [5.41, 5.74) is 2.46. The Hall–Kier alpha value is -2.85. The molecule has 0 unspecified atom stereocenters. The summed E-state index contributed by atoms with van der Waals surface area (Å²) in [4.78, 5) is 25.0. The number of rotatable bonds is 7. The predicted molar refractivity (Wildman–Crippen MR) is 130 cm³/mol. The molecule has 7 nitrogen and oxygen atoms in total. The van der Waals surface area contributed by atoms with Gasteiger partial charge in [-0.1, -0.05) is 54.6 Å². The van der Waals surface area contributed by atoms with Crippen molar-refractivity contribution in [3.05, 3.63) is 88.4 Å². The van der Waals surface area contributed by atoms with Crippen molar-refractivity contribution in [3.8, 4) is 11.1 Å². The van der Waals surface area contributed by atoms with E-state index in [-0.39, 0.29) is 29.3 Å². The zero-order valence-corrected chi connectivity index (χ0v) is 20.5. The summed E-state index contributed by atoms with van der Waals surface area (Å²) < 4.78 is 38.0. The van der Waals surface area contributed by atoms with Gasteiger partial charge in [-0.05, 0) is 45.3 Å². The Kier molecular flexibility index (Phi) is 7.57. The lowest BCUT2D eigenvalue weighted by molar-refractivity contribution is 0.0474. The van der Waals surface area contributed by atoms with E-state index >= 15 is 0 Å². The quantitative estimate of drug-likeness (QED) is 0.328. The molecule has 1 fully saturated rings. The molecule has 3 aromatic rings. The second-order valence-corrected chi connectivity index (χ2v) is 10.4. The van der Waals surface area contributed by atoms with Crippen LogP contribution in [0.5, 0.6) is 0 Å². The van der Waals surface area contributed by atoms with Crippen LogP contribution >= 0.6 is 15.9 Å². The Labute approximate surface area is 206 Å². The number of hydrogen-bond donors (Lipinski definition) is 0. The summed E-state index contributed by atoms with van der Waals surface area (Å²) in [6, 6.07) is 21.0. The van der Waals surface area contributed by atoms with E-state index in [2.05, 4.69) is 15.9 Å². The van der Waals surface area contributed by atoms with Crippen molar-refractivity contribution in [1.29, 1.82) is 0 Å². The molecule has 3 aromatic carbocycles. The van der Waals surface area contributed by atoms with Gasteiger partial charge in [0.15, 0.2) is 12.4 Å². The van der Waals surface area contributed by atoms with Gasteiger partial charge in [-0.15, -0.1) is 0 Å². The van der Waals surface area contributed by atoms with Gasteiger partial charge >= 0.3 is 5.97 Å². The summed E-state index contributed by atoms with van der Waals surface area (Å²) in [5, 5.41) is 0. The normalized spacial score (nSPS) is 14.5. The molecule has 0 aliphatic carbocycles. The molecule has 176 valence electrons. The number of carbonyl (C=O) groups is 2. The van der Waals surface area contributed by atoms with Crippen LogP contribution < -0.4 is 0 Å². The third-order valence-electron chi connectivity index (χ3n) is 5.40. The Bertz CT molecular complexity index is 1290. The van der Waals surface area contributed by atoms with Crippen LogP contribution in [0.4, 0.5) is 0 Å². The van der Waals surface area contributed by atoms with Gasteiger partial charge in [-0.25, -0.2) is 13.2 Å². The molecule has 0 amide bonds. The maximum Gasteiger partial charge on any atom is 0.338 e. The molecule has 1 saturated heterocycles. The lowest BCUT2D eigenvalue weighted by atomic mass is 10.0. The fraction of sp³-hybridized carbons (Fsp3) is 0.200. The van der Waals surface area contributed by atoms with E-state index in [0.717, 1.165) is 11.1 Å². The molecule has 0 radical (unpaired) electrons. The van der Waals surface area contributed by atoms with Crippen LogP contribution in [-0.2, 0) is 19.5 Å². The van der Waals surface area contributed by atoms with Crippen LogP contribution in [0.15, 0.2) is 82.2 Å². The summed E-state index contributed by atoms with van der Waals surface area (Å²) in [5.74, 6) is -1.13. The summed E-state index contributed by atoms with van der Waals surface area (Å²) in [7, 11) is -3.82. The van der Waals surface area contributed by atoms with Gasteiger partial charge in [0, 0.05) is 23.1 Å². The van der Waals surface area contributed by atoms with Gasteiger partial charge < -0.3 is 9.47 Å². The third-order valence-corrected chi connectivity index (χ3v) is 8.30. The Balaban J connectivity index is 1.43. The molecule has 1 heterocycles. The highest BCUT2D eigenvalue weighted by atomic mass is 79.9. The maximum absolute atomic E-state index is 13.0. The van der Waals surface area contributed by atoms with E-state index in [1.54, 1.807) is 12.1 Å². The Morgan fingerprint density at radius 3 is 2.18 bits per heavy atom. The number of morpholine rings is 1.